The predicted octanol–water partition coefficient (Wildman–Crippen LogP) is 3.00. The topological polar surface area (TPSA) is 63.3 Å². The highest BCUT2D eigenvalue weighted by atomic mass is 16.4. The van der Waals surface area contributed by atoms with E-state index in [0.29, 0.717) is 0 Å². The van der Waals surface area contributed by atoms with Crippen LogP contribution in [0.4, 0.5) is 0 Å². The van der Waals surface area contributed by atoms with E-state index in [9.17, 15) is 4.79 Å². The van der Waals surface area contributed by atoms with Gasteiger partial charge in [0, 0.05) is 11.6 Å². The smallest absolute Gasteiger partial charge is 0.328 e. The Bertz CT molecular complexity index is 385. The van der Waals surface area contributed by atoms with Gasteiger partial charge in [0.2, 0.25) is 0 Å². The molecule has 0 fully saturated rings. The van der Waals surface area contributed by atoms with Crippen LogP contribution in [0.25, 0.3) is 0 Å². The maximum atomic E-state index is 9.73. The zero-order chi connectivity index (χ0) is 14.2. The number of allylic oxidation sites excluding steroid dienone is 1. The van der Waals surface area contributed by atoms with Crippen LogP contribution < -0.4 is 5.73 Å². The van der Waals surface area contributed by atoms with Gasteiger partial charge in [0.25, 0.3) is 0 Å². The van der Waals surface area contributed by atoms with Crippen LogP contribution in [-0.2, 0) is 11.2 Å². The van der Waals surface area contributed by atoms with Gasteiger partial charge in [-0.2, -0.15) is 0 Å². The number of carboxylic acid groups (broad SMARTS) is 1. The van der Waals surface area contributed by atoms with Crippen molar-refractivity contribution in [1.29, 1.82) is 0 Å². The van der Waals surface area contributed by atoms with Crippen LogP contribution in [0, 0.1) is 0 Å². The molecule has 0 saturated carbocycles. The minimum Gasteiger partial charge on any atom is -0.478 e. The van der Waals surface area contributed by atoms with Crippen molar-refractivity contribution in [2.24, 2.45) is 5.73 Å². The van der Waals surface area contributed by atoms with Crippen LogP contribution in [0.15, 0.2) is 42.0 Å². The van der Waals surface area contributed by atoms with Gasteiger partial charge in [-0.05, 0) is 39.7 Å². The zero-order valence-electron chi connectivity index (χ0n) is 11.6. The number of carbonyl (C=O) groups is 1. The number of nitrogens with two attached hydrogens (primary N) is 1. The maximum absolute atomic E-state index is 9.73. The molecule has 0 spiro atoms. The summed E-state index contributed by atoms with van der Waals surface area (Å²) in [6, 6.07) is 10.3. The normalized spacial score (nSPS) is 10.1. The van der Waals surface area contributed by atoms with Crippen LogP contribution in [0.1, 0.15) is 33.3 Å². The molecule has 0 aromatic heterocycles. The Kier molecular flexibility index (Phi) is 6.98. The lowest BCUT2D eigenvalue weighted by molar-refractivity contribution is -0.131. The number of aliphatic carboxylic acids is 1. The quantitative estimate of drug-likeness (QED) is 0.809. The standard InChI is InChI=1S/C10H15N.C5H8O2/c1-10(2,11)8-9-6-4-3-5-7-9;1-4(2)3-5(6)7/h3-7H,8,11H2,1-2H3;3H,1-2H3,(H,6,7). The fourth-order valence-electron chi connectivity index (χ4n) is 1.37. The van der Waals surface area contributed by atoms with E-state index in [4.69, 9.17) is 10.8 Å². The molecule has 0 bridgehead atoms. The molecule has 1 rings (SSSR count). The van der Waals surface area contributed by atoms with E-state index in [1.54, 1.807) is 13.8 Å². The molecule has 0 amide bonds. The molecular weight excluding hydrogens is 226 g/mol. The third kappa shape index (κ3) is 10.9. The second-order valence-electron chi connectivity index (χ2n) is 5.21. The summed E-state index contributed by atoms with van der Waals surface area (Å²) in [4.78, 5) is 9.73. The molecule has 0 radical (unpaired) electrons. The van der Waals surface area contributed by atoms with Crippen LogP contribution in [0.2, 0.25) is 0 Å². The van der Waals surface area contributed by atoms with Crippen molar-refractivity contribution >= 4 is 5.97 Å². The number of hydrogen-bond acceptors (Lipinski definition) is 2. The summed E-state index contributed by atoms with van der Waals surface area (Å²) in [5.41, 5.74) is 7.89. The average molecular weight is 249 g/mol. The van der Waals surface area contributed by atoms with E-state index < -0.39 is 5.97 Å². The molecule has 3 N–H and O–H groups in total. The lowest BCUT2D eigenvalue weighted by Crippen LogP contribution is -2.34. The zero-order valence-corrected chi connectivity index (χ0v) is 11.6. The molecule has 3 heteroatoms. The van der Waals surface area contributed by atoms with E-state index in [1.165, 1.54) is 11.6 Å². The molecule has 0 aliphatic rings. The molecule has 0 aliphatic carbocycles. The summed E-state index contributed by atoms with van der Waals surface area (Å²) < 4.78 is 0. The van der Waals surface area contributed by atoms with E-state index >= 15 is 0 Å². The van der Waals surface area contributed by atoms with E-state index in [-0.39, 0.29) is 5.54 Å². The highest BCUT2D eigenvalue weighted by molar-refractivity contribution is 5.80. The lowest BCUT2D eigenvalue weighted by atomic mass is 9.96. The van der Waals surface area contributed by atoms with Gasteiger partial charge in [-0.25, -0.2) is 4.79 Å². The van der Waals surface area contributed by atoms with Crippen molar-refractivity contribution in [3.05, 3.63) is 47.5 Å². The Morgan fingerprint density at radius 3 is 2.06 bits per heavy atom. The van der Waals surface area contributed by atoms with Crippen molar-refractivity contribution in [3.8, 4) is 0 Å². The largest absolute Gasteiger partial charge is 0.478 e. The average Bonchev–Trinajstić information content (AvgIpc) is 2.14. The van der Waals surface area contributed by atoms with Crippen molar-refractivity contribution in [2.75, 3.05) is 0 Å². The van der Waals surface area contributed by atoms with Crippen molar-refractivity contribution in [3.63, 3.8) is 0 Å². The summed E-state index contributed by atoms with van der Waals surface area (Å²) in [5, 5.41) is 8.01. The molecule has 100 valence electrons. The van der Waals surface area contributed by atoms with Crippen LogP contribution >= 0.6 is 0 Å². The molecule has 3 nitrogen and oxygen atoms in total. The highest BCUT2D eigenvalue weighted by Gasteiger charge is 2.10. The van der Waals surface area contributed by atoms with Crippen LogP contribution in [0.5, 0.6) is 0 Å². The van der Waals surface area contributed by atoms with E-state index in [0.717, 1.165) is 12.0 Å². The second kappa shape index (κ2) is 7.67. The first-order valence-corrected chi connectivity index (χ1v) is 5.91. The number of hydrogen-bond donors (Lipinski definition) is 2. The first-order valence-electron chi connectivity index (χ1n) is 5.91. The van der Waals surface area contributed by atoms with Gasteiger partial charge in [-0.1, -0.05) is 35.9 Å². The summed E-state index contributed by atoms with van der Waals surface area (Å²) in [7, 11) is 0. The van der Waals surface area contributed by atoms with Crippen molar-refractivity contribution in [1.82, 2.24) is 0 Å². The molecule has 0 saturated heterocycles. The number of benzene rings is 1. The summed E-state index contributed by atoms with van der Waals surface area (Å²) in [6.45, 7) is 7.57. The van der Waals surface area contributed by atoms with Crippen molar-refractivity contribution in [2.45, 2.75) is 39.7 Å². The van der Waals surface area contributed by atoms with E-state index in [1.807, 2.05) is 32.0 Å². The molecule has 0 aliphatic heterocycles. The van der Waals surface area contributed by atoms with Gasteiger partial charge in [0.05, 0.1) is 0 Å². The Hall–Kier alpha value is -1.61. The van der Waals surface area contributed by atoms with Crippen LogP contribution in [0.3, 0.4) is 0 Å². The van der Waals surface area contributed by atoms with E-state index in [2.05, 4.69) is 12.1 Å². The fourth-order valence-corrected chi connectivity index (χ4v) is 1.37. The Morgan fingerprint density at radius 2 is 1.78 bits per heavy atom. The Balaban J connectivity index is 0.000000360. The third-order valence-corrected chi connectivity index (χ3v) is 1.91. The summed E-state index contributed by atoms with van der Waals surface area (Å²) in [5.74, 6) is -0.875. The Morgan fingerprint density at radius 1 is 1.28 bits per heavy atom. The number of carboxylic acids is 1. The predicted molar refractivity (Wildman–Crippen MR) is 75.5 cm³/mol. The molecule has 1 aromatic rings. The molecule has 18 heavy (non-hydrogen) atoms. The second-order valence-corrected chi connectivity index (χ2v) is 5.21. The molecule has 1 aromatic carbocycles. The first-order chi connectivity index (χ1) is 8.20. The fraction of sp³-hybridized carbons (Fsp3) is 0.400. The van der Waals surface area contributed by atoms with Gasteiger partial charge in [-0.15, -0.1) is 0 Å². The lowest BCUT2D eigenvalue weighted by Gasteiger charge is -2.17. The monoisotopic (exact) mass is 249 g/mol. The molecule has 0 unspecified atom stereocenters. The number of rotatable bonds is 3. The van der Waals surface area contributed by atoms with Crippen molar-refractivity contribution < 1.29 is 9.90 Å². The minimum absolute atomic E-state index is 0.0959. The van der Waals surface area contributed by atoms with Gasteiger partial charge >= 0.3 is 5.97 Å². The van der Waals surface area contributed by atoms with Gasteiger partial charge in [0.1, 0.15) is 0 Å². The van der Waals surface area contributed by atoms with Gasteiger partial charge in [-0.3, -0.25) is 0 Å². The van der Waals surface area contributed by atoms with Crippen LogP contribution in [-0.4, -0.2) is 16.6 Å². The highest BCUT2D eigenvalue weighted by Crippen LogP contribution is 2.08. The van der Waals surface area contributed by atoms with Gasteiger partial charge in [0.15, 0.2) is 0 Å². The molecular formula is C15H23NO2. The first kappa shape index (κ1) is 16.4. The Labute approximate surface area is 109 Å². The molecule has 0 heterocycles. The maximum Gasteiger partial charge on any atom is 0.328 e. The summed E-state index contributed by atoms with van der Waals surface area (Å²) >= 11 is 0. The summed E-state index contributed by atoms with van der Waals surface area (Å²) in [6.07, 6.45) is 2.10. The minimum atomic E-state index is -0.875. The van der Waals surface area contributed by atoms with Gasteiger partial charge < -0.3 is 10.8 Å². The SMILES string of the molecule is CC(C)(N)Cc1ccccc1.CC(C)=CC(=O)O. The molecule has 0 atom stereocenters. The third-order valence-electron chi connectivity index (χ3n) is 1.91.